The highest BCUT2D eigenvalue weighted by Gasteiger charge is 2.37. The fourth-order valence-corrected chi connectivity index (χ4v) is 3.57. The molecule has 1 heterocycles. The van der Waals surface area contributed by atoms with Crippen LogP contribution in [0.1, 0.15) is 25.5 Å². The number of nitrogens with one attached hydrogen (secondary N) is 1. The number of ether oxygens (including phenoxy) is 3. The van der Waals surface area contributed by atoms with Gasteiger partial charge in [-0.1, -0.05) is 18.2 Å². The lowest BCUT2D eigenvalue weighted by molar-refractivity contribution is -0.136. The summed E-state index contributed by atoms with van der Waals surface area (Å²) in [5.74, 6) is -0.630. The first-order valence-corrected chi connectivity index (χ1v) is 8.64. The summed E-state index contributed by atoms with van der Waals surface area (Å²) in [6.45, 7) is 1.01. The van der Waals surface area contributed by atoms with E-state index < -0.39 is 18.6 Å². The van der Waals surface area contributed by atoms with Gasteiger partial charge in [-0.2, -0.15) is 8.78 Å². The van der Waals surface area contributed by atoms with Crippen LogP contribution in [0.4, 0.5) is 8.78 Å². The Bertz CT molecular complexity index is 742. The van der Waals surface area contributed by atoms with Gasteiger partial charge in [0.25, 0.3) is 0 Å². The summed E-state index contributed by atoms with van der Waals surface area (Å²) in [5, 5.41) is 3.40. The van der Waals surface area contributed by atoms with E-state index in [1.807, 2.05) is 6.92 Å². The molecule has 1 aromatic rings. The van der Waals surface area contributed by atoms with Crippen molar-refractivity contribution in [2.24, 2.45) is 0 Å². The van der Waals surface area contributed by atoms with Crippen LogP contribution >= 0.6 is 12.2 Å². The number of para-hydroxylation sites is 1. The second-order valence-electron chi connectivity index (χ2n) is 5.96. The summed E-state index contributed by atoms with van der Waals surface area (Å²) in [5.41, 5.74) is 1.19. The molecule has 148 valence electrons. The zero-order valence-electron chi connectivity index (χ0n) is 15.5. The van der Waals surface area contributed by atoms with Crippen molar-refractivity contribution in [2.75, 3.05) is 20.8 Å². The van der Waals surface area contributed by atoms with Crippen molar-refractivity contribution in [3.05, 3.63) is 41.1 Å². The molecular formula is C18H22F2N2O4S. The molecule has 0 radical (unpaired) electrons. The number of alkyl halides is 2. The molecular weight excluding hydrogens is 378 g/mol. The molecule has 0 bridgehead atoms. The van der Waals surface area contributed by atoms with E-state index in [-0.39, 0.29) is 17.4 Å². The number of carbonyl (C=O) groups excluding carboxylic acids is 1. The van der Waals surface area contributed by atoms with Gasteiger partial charge in [-0.05, 0) is 32.1 Å². The van der Waals surface area contributed by atoms with Crippen LogP contribution in [0, 0.1) is 0 Å². The predicted octanol–water partition coefficient (Wildman–Crippen LogP) is 3.00. The van der Waals surface area contributed by atoms with Gasteiger partial charge in [0.1, 0.15) is 5.75 Å². The summed E-state index contributed by atoms with van der Waals surface area (Å²) < 4.78 is 40.3. The van der Waals surface area contributed by atoms with Gasteiger partial charge >= 0.3 is 12.6 Å². The molecule has 0 spiro atoms. The number of benzene rings is 1. The molecule has 6 nitrogen and oxygen atoms in total. The van der Waals surface area contributed by atoms with Gasteiger partial charge in [0.15, 0.2) is 5.11 Å². The van der Waals surface area contributed by atoms with Crippen molar-refractivity contribution >= 4 is 23.3 Å². The zero-order chi connectivity index (χ0) is 20.1. The fourth-order valence-electron chi connectivity index (χ4n) is 3.13. The van der Waals surface area contributed by atoms with Gasteiger partial charge in [-0.3, -0.25) is 0 Å². The minimum atomic E-state index is -2.99. The molecule has 0 saturated carbocycles. The van der Waals surface area contributed by atoms with E-state index in [9.17, 15) is 13.6 Å². The summed E-state index contributed by atoms with van der Waals surface area (Å²) >= 11 is 5.46. The molecule has 27 heavy (non-hydrogen) atoms. The smallest absolute Gasteiger partial charge is 0.387 e. The van der Waals surface area contributed by atoms with Gasteiger partial charge in [0.05, 0.1) is 31.4 Å². The van der Waals surface area contributed by atoms with E-state index in [4.69, 9.17) is 21.7 Å². The van der Waals surface area contributed by atoms with Gasteiger partial charge in [0.2, 0.25) is 0 Å². The quantitative estimate of drug-likeness (QED) is 0.558. The molecule has 2 atom stereocenters. The summed E-state index contributed by atoms with van der Waals surface area (Å²) in [4.78, 5) is 14.3. The van der Waals surface area contributed by atoms with Crippen molar-refractivity contribution in [3.8, 4) is 5.75 Å². The number of thiocarbonyl (C=S) groups is 1. The van der Waals surface area contributed by atoms with Crippen LogP contribution in [0.5, 0.6) is 5.75 Å². The molecule has 9 heteroatoms. The Morgan fingerprint density at radius 2 is 2.00 bits per heavy atom. The van der Waals surface area contributed by atoms with Gasteiger partial charge in [-0.15, -0.1) is 0 Å². The third-order valence-electron chi connectivity index (χ3n) is 4.23. The minimum Gasteiger partial charge on any atom is -0.466 e. The Morgan fingerprint density at radius 3 is 2.59 bits per heavy atom. The number of allylic oxidation sites excluding steroid dienone is 1. The second-order valence-corrected chi connectivity index (χ2v) is 6.35. The van der Waals surface area contributed by atoms with Gasteiger partial charge < -0.3 is 24.4 Å². The standard InChI is InChI=1S/C18H22F2N2O4S/c1-10(9-24-3)22-11(2)14(16(23)25-4)15(21-18(22)27)12-7-5-6-8-13(12)26-17(19)20/h5-8,10,15,17H,9H2,1-4H3,(H,21,27)/t10-,15+/m0/s1. The van der Waals surface area contributed by atoms with Crippen LogP contribution in [-0.4, -0.2) is 49.5 Å². The summed E-state index contributed by atoms with van der Waals surface area (Å²) in [6.07, 6.45) is 0. The van der Waals surface area contributed by atoms with E-state index in [2.05, 4.69) is 10.1 Å². The van der Waals surface area contributed by atoms with Crippen LogP contribution in [0.25, 0.3) is 0 Å². The molecule has 0 fully saturated rings. The van der Waals surface area contributed by atoms with Gasteiger partial charge in [0, 0.05) is 18.4 Å². The number of hydrogen-bond acceptors (Lipinski definition) is 5. The van der Waals surface area contributed by atoms with Crippen LogP contribution in [0.3, 0.4) is 0 Å². The number of halogens is 2. The highest BCUT2D eigenvalue weighted by Crippen LogP contribution is 2.37. The summed E-state index contributed by atoms with van der Waals surface area (Å²) in [6, 6.07) is 5.32. The molecule has 1 aliphatic rings. The second kappa shape index (κ2) is 9.09. The van der Waals surface area contributed by atoms with E-state index in [0.29, 0.717) is 23.0 Å². The third-order valence-corrected chi connectivity index (χ3v) is 4.54. The molecule has 0 aromatic heterocycles. The Hall–Kier alpha value is -2.26. The van der Waals surface area contributed by atoms with Crippen molar-refractivity contribution in [1.29, 1.82) is 0 Å². The van der Waals surface area contributed by atoms with Crippen molar-refractivity contribution < 1.29 is 27.8 Å². The maximum atomic E-state index is 12.8. The monoisotopic (exact) mass is 400 g/mol. The van der Waals surface area contributed by atoms with Crippen molar-refractivity contribution in [2.45, 2.75) is 32.5 Å². The number of nitrogens with zero attached hydrogens (tertiary/aromatic N) is 1. The lowest BCUT2D eigenvalue weighted by Crippen LogP contribution is -2.52. The zero-order valence-corrected chi connectivity index (χ0v) is 16.3. The highest BCUT2D eigenvalue weighted by atomic mass is 32.1. The maximum Gasteiger partial charge on any atom is 0.387 e. The average Bonchev–Trinajstić information content (AvgIpc) is 2.61. The predicted molar refractivity (Wildman–Crippen MR) is 99.4 cm³/mol. The van der Waals surface area contributed by atoms with Crippen molar-refractivity contribution in [3.63, 3.8) is 0 Å². The number of methoxy groups -OCH3 is 2. The first kappa shape index (κ1) is 21.0. The van der Waals surface area contributed by atoms with Crippen molar-refractivity contribution in [1.82, 2.24) is 10.2 Å². The molecule has 1 aromatic carbocycles. The normalized spacial score (nSPS) is 18.4. The third kappa shape index (κ3) is 4.54. The SMILES string of the molecule is COC[C@H](C)N1C(=S)N[C@H](c2ccccc2OC(F)F)C(C(=O)OC)=C1C. The fraction of sp³-hybridized carbons (Fsp3) is 0.444. The maximum absolute atomic E-state index is 12.8. The Morgan fingerprint density at radius 1 is 1.33 bits per heavy atom. The van der Waals surface area contributed by atoms with Crippen LogP contribution in [0.2, 0.25) is 0 Å². The van der Waals surface area contributed by atoms with E-state index in [1.54, 1.807) is 37.1 Å². The number of rotatable bonds is 7. The highest BCUT2D eigenvalue weighted by molar-refractivity contribution is 7.80. The van der Waals surface area contributed by atoms with E-state index in [0.717, 1.165) is 0 Å². The Kier molecular flexibility index (Phi) is 7.09. The average molecular weight is 400 g/mol. The minimum absolute atomic E-state index is 0.0413. The molecule has 0 amide bonds. The number of hydrogen-bond donors (Lipinski definition) is 1. The lowest BCUT2D eigenvalue weighted by Gasteiger charge is -2.40. The van der Waals surface area contributed by atoms with E-state index in [1.165, 1.54) is 13.2 Å². The summed E-state index contributed by atoms with van der Waals surface area (Å²) in [7, 11) is 2.83. The Balaban J connectivity index is 2.57. The van der Waals surface area contributed by atoms with Crippen LogP contribution in [-0.2, 0) is 14.3 Å². The lowest BCUT2D eigenvalue weighted by atomic mass is 9.94. The number of esters is 1. The molecule has 2 rings (SSSR count). The first-order chi connectivity index (χ1) is 12.8. The molecule has 1 aliphatic heterocycles. The van der Waals surface area contributed by atoms with E-state index >= 15 is 0 Å². The molecule has 0 saturated heterocycles. The topological polar surface area (TPSA) is 60.0 Å². The van der Waals surface area contributed by atoms with Crippen LogP contribution in [0.15, 0.2) is 35.5 Å². The van der Waals surface area contributed by atoms with Gasteiger partial charge in [-0.25, -0.2) is 4.79 Å². The molecule has 1 N–H and O–H groups in total. The molecule has 0 aliphatic carbocycles. The Labute approximate surface area is 162 Å². The number of carbonyl (C=O) groups is 1. The first-order valence-electron chi connectivity index (χ1n) is 8.23. The largest absolute Gasteiger partial charge is 0.466 e. The molecule has 0 unspecified atom stereocenters. The van der Waals surface area contributed by atoms with Crippen LogP contribution < -0.4 is 10.1 Å².